The number of methoxy groups -OCH3 is 2. The van der Waals surface area contributed by atoms with Crippen LogP contribution in [-0.4, -0.2) is 109 Å². The standard InChI is InChI=1S/C32H40N4O8/c1-43-21-17-36(18-22-44-2)29-27(14-7-23-5-8-25(9-6-23)31(39)40)33-30(35(15-3-19-37)16-4-20-38)28(34-29)24-10-12-26(13-11-24)32(41)42/h5-14,37-38H,3-4,15-22H2,1-2H3,(H,39,40)(H,41,42)/b14-7+. The fourth-order valence-corrected chi connectivity index (χ4v) is 4.44. The Morgan fingerprint density at radius 2 is 1.20 bits per heavy atom. The highest BCUT2D eigenvalue weighted by Gasteiger charge is 2.23. The lowest BCUT2D eigenvalue weighted by Crippen LogP contribution is -2.33. The van der Waals surface area contributed by atoms with Crippen LogP contribution in [0.5, 0.6) is 0 Å². The van der Waals surface area contributed by atoms with Crippen LogP contribution in [-0.2, 0) is 9.47 Å². The molecule has 3 aromatic rings. The fraction of sp³-hybridized carbons (Fsp3) is 0.375. The molecule has 0 atom stereocenters. The van der Waals surface area contributed by atoms with Crippen molar-refractivity contribution in [3.63, 3.8) is 0 Å². The van der Waals surface area contributed by atoms with E-state index in [1.807, 2.05) is 22.0 Å². The molecule has 0 aliphatic heterocycles. The zero-order valence-corrected chi connectivity index (χ0v) is 25.1. The minimum absolute atomic E-state index is 0.0370. The Labute approximate surface area is 256 Å². The van der Waals surface area contributed by atoms with Gasteiger partial charge < -0.3 is 39.7 Å². The van der Waals surface area contributed by atoms with E-state index in [9.17, 15) is 30.0 Å². The third-order valence-corrected chi connectivity index (χ3v) is 6.78. The van der Waals surface area contributed by atoms with Crippen LogP contribution >= 0.6 is 0 Å². The van der Waals surface area contributed by atoms with Crippen LogP contribution in [0.1, 0.15) is 44.8 Å². The molecule has 44 heavy (non-hydrogen) atoms. The van der Waals surface area contributed by atoms with Crippen LogP contribution in [0.4, 0.5) is 11.6 Å². The van der Waals surface area contributed by atoms with Gasteiger partial charge >= 0.3 is 11.9 Å². The first kappa shape index (κ1) is 34.1. The Kier molecular flexibility index (Phi) is 13.7. The van der Waals surface area contributed by atoms with Crippen molar-refractivity contribution in [1.82, 2.24) is 9.97 Å². The molecule has 0 bridgehead atoms. The summed E-state index contributed by atoms with van der Waals surface area (Å²) in [5, 5.41) is 37.9. The van der Waals surface area contributed by atoms with Crippen molar-refractivity contribution in [3.05, 3.63) is 70.9 Å². The minimum Gasteiger partial charge on any atom is -0.478 e. The number of carbonyl (C=O) groups is 2. The molecular weight excluding hydrogens is 568 g/mol. The second-order valence-corrected chi connectivity index (χ2v) is 9.86. The summed E-state index contributed by atoms with van der Waals surface area (Å²) in [4.78, 5) is 37.0. The number of rotatable bonds is 19. The summed E-state index contributed by atoms with van der Waals surface area (Å²) in [6.07, 6.45) is 4.55. The number of hydrogen-bond acceptors (Lipinski definition) is 10. The highest BCUT2D eigenvalue weighted by Crippen LogP contribution is 2.33. The summed E-state index contributed by atoms with van der Waals surface area (Å²) >= 11 is 0. The topological polar surface area (TPSA) is 166 Å². The second kappa shape index (κ2) is 17.7. The average molecular weight is 609 g/mol. The van der Waals surface area contributed by atoms with Gasteiger partial charge in [0.05, 0.1) is 24.3 Å². The SMILES string of the molecule is COCCN(CCOC)c1nc(-c2ccc(C(=O)O)cc2)c(N(CCCO)CCCO)nc1/C=C/c1ccc(C(=O)O)cc1. The summed E-state index contributed by atoms with van der Waals surface area (Å²) in [7, 11) is 3.22. The molecule has 0 aliphatic carbocycles. The number of anilines is 2. The number of aromatic nitrogens is 2. The first-order valence-corrected chi connectivity index (χ1v) is 14.3. The summed E-state index contributed by atoms with van der Waals surface area (Å²) in [5.41, 5.74) is 2.76. The Morgan fingerprint density at radius 1 is 0.705 bits per heavy atom. The molecule has 3 rings (SSSR count). The highest BCUT2D eigenvalue weighted by atomic mass is 16.5. The van der Waals surface area contributed by atoms with E-state index in [0.29, 0.717) is 80.8 Å². The number of carboxylic acid groups (broad SMARTS) is 2. The maximum atomic E-state index is 11.5. The van der Waals surface area contributed by atoms with Gasteiger partial charge in [-0.1, -0.05) is 30.3 Å². The second-order valence-electron chi connectivity index (χ2n) is 9.86. The Balaban J connectivity index is 2.27. The molecule has 0 saturated heterocycles. The van der Waals surface area contributed by atoms with E-state index in [2.05, 4.69) is 0 Å². The van der Waals surface area contributed by atoms with Crippen molar-refractivity contribution in [3.8, 4) is 11.3 Å². The molecule has 0 saturated carbocycles. The molecule has 4 N–H and O–H groups in total. The van der Waals surface area contributed by atoms with Gasteiger partial charge in [0, 0.05) is 59.2 Å². The molecule has 0 amide bonds. The first-order valence-electron chi connectivity index (χ1n) is 14.3. The normalized spacial score (nSPS) is 11.2. The van der Waals surface area contributed by atoms with Crippen LogP contribution in [0.25, 0.3) is 23.4 Å². The van der Waals surface area contributed by atoms with Crippen molar-refractivity contribution in [2.24, 2.45) is 0 Å². The largest absolute Gasteiger partial charge is 0.478 e. The van der Waals surface area contributed by atoms with Gasteiger partial charge in [0.25, 0.3) is 0 Å². The van der Waals surface area contributed by atoms with Gasteiger partial charge in [0.1, 0.15) is 11.4 Å². The molecule has 0 spiro atoms. The van der Waals surface area contributed by atoms with Crippen LogP contribution in [0.3, 0.4) is 0 Å². The number of aliphatic hydroxyl groups is 2. The van der Waals surface area contributed by atoms with Crippen molar-refractivity contribution < 1.29 is 39.5 Å². The molecule has 0 radical (unpaired) electrons. The lowest BCUT2D eigenvalue weighted by molar-refractivity contribution is 0.0686. The summed E-state index contributed by atoms with van der Waals surface area (Å²) < 4.78 is 10.7. The number of benzene rings is 2. The van der Waals surface area contributed by atoms with Crippen LogP contribution < -0.4 is 9.80 Å². The molecule has 12 nitrogen and oxygen atoms in total. The van der Waals surface area contributed by atoms with Crippen LogP contribution in [0.2, 0.25) is 0 Å². The summed E-state index contributed by atoms with van der Waals surface area (Å²) in [6, 6.07) is 12.9. The van der Waals surface area contributed by atoms with Gasteiger partial charge in [0.15, 0.2) is 11.6 Å². The van der Waals surface area contributed by atoms with Gasteiger partial charge in [-0.05, 0) is 48.7 Å². The summed E-state index contributed by atoms with van der Waals surface area (Å²) in [6.45, 7) is 2.61. The number of ether oxygens (including phenoxy) is 2. The van der Waals surface area contributed by atoms with E-state index in [0.717, 1.165) is 5.56 Å². The molecule has 0 fully saturated rings. The fourth-order valence-electron chi connectivity index (χ4n) is 4.44. The van der Waals surface area contributed by atoms with E-state index >= 15 is 0 Å². The zero-order valence-electron chi connectivity index (χ0n) is 25.1. The molecule has 0 unspecified atom stereocenters. The van der Waals surface area contributed by atoms with Crippen molar-refractivity contribution in [2.75, 3.05) is 76.6 Å². The molecular formula is C32H40N4O8. The third-order valence-electron chi connectivity index (χ3n) is 6.78. The van der Waals surface area contributed by atoms with Gasteiger partial charge in [0.2, 0.25) is 0 Å². The molecule has 1 heterocycles. The van der Waals surface area contributed by atoms with Gasteiger partial charge in [-0.2, -0.15) is 0 Å². The quantitative estimate of drug-likeness (QED) is 0.157. The zero-order chi connectivity index (χ0) is 31.9. The molecule has 236 valence electrons. The van der Waals surface area contributed by atoms with Crippen molar-refractivity contribution in [1.29, 1.82) is 0 Å². The minimum atomic E-state index is -1.04. The number of hydrogen-bond donors (Lipinski definition) is 4. The Hall–Kier alpha value is -4.36. The van der Waals surface area contributed by atoms with E-state index in [4.69, 9.17) is 19.4 Å². The van der Waals surface area contributed by atoms with Crippen molar-refractivity contribution >= 4 is 35.7 Å². The Morgan fingerprint density at radius 3 is 1.68 bits per heavy atom. The van der Waals surface area contributed by atoms with Crippen LogP contribution in [0, 0.1) is 0 Å². The number of aliphatic hydroxyl groups excluding tert-OH is 2. The average Bonchev–Trinajstić information content (AvgIpc) is 3.04. The van der Waals surface area contributed by atoms with E-state index in [1.165, 1.54) is 24.3 Å². The van der Waals surface area contributed by atoms with Crippen LogP contribution in [0.15, 0.2) is 48.5 Å². The highest BCUT2D eigenvalue weighted by molar-refractivity contribution is 5.89. The third kappa shape index (κ3) is 9.58. The first-order chi connectivity index (χ1) is 21.3. The van der Waals surface area contributed by atoms with Gasteiger partial charge in [-0.15, -0.1) is 0 Å². The molecule has 0 aliphatic rings. The smallest absolute Gasteiger partial charge is 0.335 e. The number of aromatic carboxylic acids is 2. The lowest BCUT2D eigenvalue weighted by atomic mass is 10.1. The number of nitrogens with zero attached hydrogens (tertiary/aromatic N) is 4. The van der Waals surface area contributed by atoms with E-state index in [1.54, 1.807) is 38.5 Å². The maximum Gasteiger partial charge on any atom is 0.335 e. The Bertz CT molecular complexity index is 1360. The predicted molar refractivity (Wildman–Crippen MR) is 168 cm³/mol. The molecule has 1 aromatic heterocycles. The number of carboxylic acids is 2. The van der Waals surface area contributed by atoms with E-state index < -0.39 is 11.9 Å². The van der Waals surface area contributed by atoms with Gasteiger partial charge in [-0.3, -0.25) is 0 Å². The predicted octanol–water partition coefficient (Wildman–Crippen LogP) is 3.38. The maximum absolute atomic E-state index is 11.5. The van der Waals surface area contributed by atoms with E-state index in [-0.39, 0.29) is 24.3 Å². The summed E-state index contributed by atoms with van der Waals surface area (Å²) in [5.74, 6) is -0.998. The molecule has 12 heteroatoms. The van der Waals surface area contributed by atoms with Crippen molar-refractivity contribution in [2.45, 2.75) is 12.8 Å². The molecule has 2 aromatic carbocycles. The van der Waals surface area contributed by atoms with Gasteiger partial charge in [-0.25, -0.2) is 19.6 Å². The monoisotopic (exact) mass is 608 g/mol. The lowest BCUT2D eigenvalue weighted by Gasteiger charge is -2.29.